The predicted octanol–water partition coefficient (Wildman–Crippen LogP) is 3.98. The van der Waals surface area contributed by atoms with Gasteiger partial charge >= 0.3 is 0 Å². The molecule has 2 heterocycles. The van der Waals surface area contributed by atoms with Crippen molar-refractivity contribution in [3.8, 4) is 0 Å². The smallest absolute Gasteiger partial charge is 0.220 e. The molecule has 14 nitrogen and oxygen atoms in total. The third kappa shape index (κ3) is 20.2. The number of carbonyl (C=O) groups excluding carboxylic acids is 1. The van der Waals surface area contributed by atoms with E-state index < -0.39 is 86.8 Å². The summed E-state index contributed by atoms with van der Waals surface area (Å²) in [6.45, 7) is 2.67. The molecule has 2 aliphatic heterocycles. The number of carbonyl (C=O) groups is 1. The number of ether oxygens (including phenoxy) is 4. The van der Waals surface area contributed by atoms with Crippen molar-refractivity contribution in [2.45, 2.75) is 216 Å². The first-order valence-electron chi connectivity index (χ1n) is 22.2. The van der Waals surface area contributed by atoms with Crippen LogP contribution in [0.2, 0.25) is 0 Å². The van der Waals surface area contributed by atoms with Gasteiger partial charge in [0.1, 0.15) is 48.8 Å². The number of nitrogens with one attached hydrogen (secondary N) is 1. The van der Waals surface area contributed by atoms with Crippen LogP contribution in [0.1, 0.15) is 142 Å². The number of amides is 1. The molecule has 58 heavy (non-hydrogen) atoms. The molecule has 2 rings (SSSR count). The Kier molecular flexibility index (Phi) is 28.9. The lowest BCUT2D eigenvalue weighted by Crippen LogP contribution is -2.65. The molecule has 0 aromatic carbocycles. The Labute approximate surface area is 347 Å². The van der Waals surface area contributed by atoms with E-state index in [1.54, 1.807) is 6.08 Å². The third-order valence-corrected chi connectivity index (χ3v) is 10.8. The van der Waals surface area contributed by atoms with Crippen LogP contribution in [0.5, 0.6) is 0 Å². The molecule has 2 saturated heterocycles. The molecule has 12 unspecified atom stereocenters. The summed E-state index contributed by atoms with van der Waals surface area (Å²) >= 11 is 0. The van der Waals surface area contributed by atoms with Crippen LogP contribution < -0.4 is 5.32 Å². The Balaban J connectivity index is 1.94. The van der Waals surface area contributed by atoms with Crippen LogP contribution in [0, 0.1) is 0 Å². The van der Waals surface area contributed by atoms with Crippen molar-refractivity contribution in [2.75, 3.05) is 19.8 Å². The molecule has 14 heteroatoms. The highest BCUT2D eigenvalue weighted by atomic mass is 16.7. The lowest BCUT2D eigenvalue weighted by Gasteiger charge is -2.46. The molecule has 0 bridgehead atoms. The molecule has 0 aromatic heterocycles. The first-order valence-corrected chi connectivity index (χ1v) is 22.2. The SMILES string of the molecule is CCCC/C=C/CC/C=C/CC/C=C/C(O)C(COC1OC(CO)C(OC2OC(CO)C(O)C(O)C2O)C(O)C1O)NC(=O)CCCCCCCCCCCCCC. The van der Waals surface area contributed by atoms with Gasteiger partial charge in [-0.1, -0.05) is 134 Å². The molecule has 0 radical (unpaired) electrons. The van der Waals surface area contributed by atoms with Gasteiger partial charge in [0, 0.05) is 6.42 Å². The summed E-state index contributed by atoms with van der Waals surface area (Å²) in [5, 5.41) is 86.3. The van der Waals surface area contributed by atoms with E-state index in [0.29, 0.717) is 12.8 Å². The van der Waals surface area contributed by atoms with Crippen molar-refractivity contribution in [2.24, 2.45) is 0 Å². The van der Waals surface area contributed by atoms with Gasteiger partial charge < -0.3 is 65.1 Å². The molecule has 1 amide bonds. The molecule has 2 aliphatic rings. The molecule has 0 spiro atoms. The summed E-state index contributed by atoms with van der Waals surface area (Å²) in [5.74, 6) is -0.258. The average molecular weight is 830 g/mol. The number of aliphatic hydroxyl groups excluding tert-OH is 8. The summed E-state index contributed by atoms with van der Waals surface area (Å²) in [7, 11) is 0. The number of allylic oxidation sites excluding steroid dienone is 5. The largest absolute Gasteiger partial charge is 0.394 e. The zero-order chi connectivity index (χ0) is 42.5. The number of unbranched alkanes of at least 4 members (excludes halogenated alkanes) is 15. The third-order valence-electron chi connectivity index (χ3n) is 10.8. The Morgan fingerprint density at radius 2 is 1.10 bits per heavy atom. The molecular weight excluding hydrogens is 750 g/mol. The zero-order valence-electron chi connectivity index (χ0n) is 35.3. The van der Waals surface area contributed by atoms with Crippen LogP contribution in [0.4, 0.5) is 0 Å². The number of aliphatic hydroxyl groups is 8. The van der Waals surface area contributed by atoms with Crippen LogP contribution in [0.3, 0.4) is 0 Å². The van der Waals surface area contributed by atoms with E-state index in [9.17, 15) is 45.6 Å². The fraction of sp³-hybridized carbons (Fsp3) is 0.841. The van der Waals surface area contributed by atoms with Gasteiger partial charge in [-0.25, -0.2) is 0 Å². The van der Waals surface area contributed by atoms with Gasteiger partial charge in [0.2, 0.25) is 5.91 Å². The van der Waals surface area contributed by atoms with E-state index in [-0.39, 0.29) is 18.9 Å². The van der Waals surface area contributed by atoms with Crippen LogP contribution in [0.15, 0.2) is 36.5 Å². The lowest BCUT2D eigenvalue weighted by atomic mass is 9.97. The first-order chi connectivity index (χ1) is 28.1. The van der Waals surface area contributed by atoms with Gasteiger partial charge in [-0.15, -0.1) is 0 Å². The summed E-state index contributed by atoms with van der Waals surface area (Å²) in [5.41, 5.74) is 0. The molecule has 0 aromatic rings. The van der Waals surface area contributed by atoms with E-state index >= 15 is 0 Å². The van der Waals surface area contributed by atoms with Crippen LogP contribution in [-0.4, -0.2) is 140 Å². The van der Waals surface area contributed by atoms with E-state index in [1.807, 2.05) is 6.08 Å². The van der Waals surface area contributed by atoms with Crippen molar-refractivity contribution < 1.29 is 64.6 Å². The second-order valence-corrected chi connectivity index (χ2v) is 15.8. The molecule has 0 aliphatic carbocycles. The second-order valence-electron chi connectivity index (χ2n) is 15.8. The maximum atomic E-state index is 13.1. The normalized spacial score (nSPS) is 29.1. The minimum Gasteiger partial charge on any atom is -0.394 e. The molecule has 2 fully saturated rings. The van der Waals surface area contributed by atoms with Crippen LogP contribution in [-0.2, 0) is 23.7 Å². The van der Waals surface area contributed by atoms with Gasteiger partial charge in [-0.2, -0.15) is 0 Å². The lowest BCUT2D eigenvalue weighted by molar-refractivity contribution is -0.359. The number of rotatable bonds is 32. The molecule has 338 valence electrons. The van der Waals surface area contributed by atoms with Gasteiger partial charge in [0.05, 0.1) is 32.0 Å². The van der Waals surface area contributed by atoms with Gasteiger partial charge in [-0.3, -0.25) is 4.79 Å². The zero-order valence-corrected chi connectivity index (χ0v) is 35.3. The average Bonchev–Trinajstić information content (AvgIpc) is 3.22. The number of hydrogen-bond acceptors (Lipinski definition) is 13. The Hall–Kier alpha value is -1.79. The fourth-order valence-corrected chi connectivity index (χ4v) is 7.07. The molecule has 9 N–H and O–H groups in total. The molecule has 0 saturated carbocycles. The Morgan fingerprint density at radius 1 is 0.603 bits per heavy atom. The molecule has 12 atom stereocenters. The minimum atomic E-state index is -1.79. The van der Waals surface area contributed by atoms with Crippen LogP contribution >= 0.6 is 0 Å². The Morgan fingerprint density at radius 3 is 1.67 bits per heavy atom. The van der Waals surface area contributed by atoms with Crippen molar-refractivity contribution in [1.29, 1.82) is 0 Å². The van der Waals surface area contributed by atoms with Crippen molar-refractivity contribution in [3.63, 3.8) is 0 Å². The molecular formula is C44H79NO13. The van der Waals surface area contributed by atoms with E-state index in [2.05, 4.69) is 43.5 Å². The van der Waals surface area contributed by atoms with Gasteiger partial charge in [-0.05, 0) is 38.5 Å². The van der Waals surface area contributed by atoms with Gasteiger partial charge in [0.25, 0.3) is 0 Å². The van der Waals surface area contributed by atoms with E-state index in [1.165, 1.54) is 64.2 Å². The second kappa shape index (κ2) is 32.0. The fourth-order valence-electron chi connectivity index (χ4n) is 7.07. The topological polar surface area (TPSA) is 228 Å². The van der Waals surface area contributed by atoms with Crippen molar-refractivity contribution in [3.05, 3.63) is 36.5 Å². The number of hydrogen-bond donors (Lipinski definition) is 9. The Bertz CT molecular complexity index is 1120. The summed E-state index contributed by atoms with van der Waals surface area (Å²) in [6, 6.07) is -0.931. The standard InChI is InChI=1S/C44H79NO13/c1-3-5-7-9-11-13-15-17-19-21-23-25-27-33(48)32(45-36(49)28-26-24-22-20-18-16-14-12-10-8-6-4-2)31-55-43-41(54)39(52)42(35(30-47)57-43)58-44-40(53)38(51)37(50)34(29-46)56-44/h9,11,17,19,25,27,32-35,37-44,46-48,50-54H,3-8,10,12-16,18,20-24,26,28-31H2,1-2H3,(H,45,49)/b11-9+,19-17+,27-25+. The monoisotopic (exact) mass is 830 g/mol. The maximum Gasteiger partial charge on any atom is 0.220 e. The van der Waals surface area contributed by atoms with Crippen molar-refractivity contribution >= 4 is 5.91 Å². The summed E-state index contributed by atoms with van der Waals surface area (Å²) < 4.78 is 22.6. The summed E-state index contributed by atoms with van der Waals surface area (Å²) in [6.07, 6.45) is 16.3. The minimum absolute atomic E-state index is 0.258. The van der Waals surface area contributed by atoms with Crippen LogP contribution in [0.25, 0.3) is 0 Å². The quantitative estimate of drug-likeness (QED) is 0.0346. The van der Waals surface area contributed by atoms with Crippen molar-refractivity contribution in [1.82, 2.24) is 5.32 Å². The van der Waals surface area contributed by atoms with Gasteiger partial charge in [0.15, 0.2) is 12.6 Å². The highest BCUT2D eigenvalue weighted by molar-refractivity contribution is 5.76. The van der Waals surface area contributed by atoms with E-state index in [4.69, 9.17) is 18.9 Å². The highest BCUT2D eigenvalue weighted by Crippen LogP contribution is 2.30. The first kappa shape index (κ1) is 52.3. The van der Waals surface area contributed by atoms with E-state index in [0.717, 1.165) is 44.9 Å². The maximum absolute atomic E-state index is 13.1. The predicted molar refractivity (Wildman–Crippen MR) is 221 cm³/mol. The summed E-state index contributed by atoms with van der Waals surface area (Å²) in [4.78, 5) is 13.1. The highest BCUT2D eigenvalue weighted by Gasteiger charge is 2.50.